The van der Waals surface area contributed by atoms with Crippen molar-refractivity contribution in [3.05, 3.63) is 71.3 Å². The molecule has 3 heteroatoms. The number of rotatable bonds is 3. The lowest BCUT2D eigenvalue weighted by Gasteiger charge is -2.00. The number of hydrogen-bond donors (Lipinski definition) is 1. The molecule has 0 saturated carbocycles. The van der Waals surface area contributed by atoms with Crippen LogP contribution in [-0.2, 0) is 0 Å². The van der Waals surface area contributed by atoms with E-state index in [1.165, 1.54) is 5.56 Å². The van der Waals surface area contributed by atoms with Crippen LogP contribution in [0, 0.1) is 13.8 Å². The molecule has 3 aromatic rings. The highest BCUT2D eigenvalue weighted by molar-refractivity contribution is 5.86. The van der Waals surface area contributed by atoms with Crippen LogP contribution in [0.3, 0.4) is 0 Å². The largest absolute Gasteiger partial charge is 0.480 e. The summed E-state index contributed by atoms with van der Waals surface area (Å²) in [6.07, 6.45) is 1.63. The van der Waals surface area contributed by atoms with Crippen molar-refractivity contribution in [1.82, 2.24) is 0 Å². The Labute approximate surface area is 129 Å². The summed E-state index contributed by atoms with van der Waals surface area (Å²) in [7, 11) is 0. The Morgan fingerprint density at radius 1 is 1.00 bits per heavy atom. The van der Waals surface area contributed by atoms with Gasteiger partial charge in [-0.25, -0.2) is 0 Å². The quantitative estimate of drug-likeness (QED) is 0.689. The smallest absolute Gasteiger partial charge is 0.291 e. The molecule has 22 heavy (non-hydrogen) atoms. The van der Waals surface area contributed by atoms with Gasteiger partial charge >= 0.3 is 0 Å². The Hall–Kier alpha value is -2.81. The molecule has 3 nitrogen and oxygen atoms in total. The van der Waals surface area contributed by atoms with Crippen LogP contribution in [0.15, 0.2) is 64.0 Å². The molecule has 0 atom stereocenters. The van der Waals surface area contributed by atoms with Crippen molar-refractivity contribution in [2.24, 2.45) is 4.99 Å². The molecule has 3 rings (SSSR count). The fourth-order valence-electron chi connectivity index (χ4n) is 2.32. The van der Waals surface area contributed by atoms with Crippen LogP contribution >= 0.6 is 0 Å². The van der Waals surface area contributed by atoms with E-state index in [1.54, 1.807) is 12.3 Å². The lowest BCUT2D eigenvalue weighted by Crippen LogP contribution is -1.80. The van der Waals surface area contributed by atoms with Crippen molar-refractivity contribution in [2.45, 2.75) is 13.8 Å². The molecule has 0 radical (unpaired) electrons. The average Bonchev–Trinajstić information content (AvgIpc) is 2.88. The van der Waals surface area contributed by atoms with Crippen molar-refractivity contribution >= 4 is 11.9 Å². The second-order valence-electron chi connectivity index (χ2n) is 5.29. The van der Waals surface area contributed by atoms with E-state index < -0.39 is 0 Å². The van der Waals surface area contributed by atoms with E-state index in [4.69, 9.17) is 4.42 Å². The van der Waals surface area contributed by atoms with E-state index in [2.05, 4.69) is 18.0 Å². The minimum Gasteiger partial charge on any atom is -0.480 e. The molecule has 2 aromatic carbocycles. The van der Waals surface area contributed by atoms with E-state index in [1.807, 2.05) is 49.4 Å². The highest BCUT2D eigenvalue weighted by Crippen LogP contribution is 2.29. The molecule has 0 aliphatic carbocycles. The number of benzene rings is 2. The van der Waals surface area contributed by atoms with E-state index in [0.717, 1.165) is 16.8 Å². The first-order chi connectivity index (χ1) is 10.6. The number of nitrogens with zero attached hydrogens (tertiary/aromatic N) is 1. The molecule has 0 unspecified atom stereocenters. The number of aryl methyl sites for hydroxylation is 2. The maximum Gasteiger partial charge on any atom is 0.291 e. The summed E-state index contributed by atoms with van der Waals surface area (Å²) in [6, 6.07) is 17.5. The van der Waals surface area contributed by atoms with Crippen molar-refractivity contribution in [2.75, 3.05) is 0 Å². The Kier molecular flexibility index (Phi) is 3.79. The molecule has 1 heterocycles. The van der Waals surface area contributed by atoms with Gasteiger partial charge in [0.05, 0.1) is 11.3 Å². The van der Waals surface area contributed by atoms with Crippen molar-refractivity contribution in [3.8, 4) is 17.3 Å². The summed E-state index contributed by atoms with van der Waals surface area (Å²) in [5, 5.41) is 9.93. The molecule has 1 N–H and O–H groups in total. The van der Waals surface area contributed by atoms with E-state index in [-0.39, 0.29) is 5.95 Å². The SMILES string of the molecule is Cc1ccc(N=Cc2cc(-c3ccccc3)oc2O)c(C)c1. The van der Waals surface area contributed by atoms with Gasteiger partial charge in [0.25, 0.3) is 5.95 Å². The zero-order valence-electron chi connectivity index (χ0n) is 12.6. The predicted octanol–water partition coefficient (Wildman–Crippen LogP) is 5.02. The molecular formula is C19H17NO2. The topological polar surface area (TPSA) is 45.7 Å². The van der Waals surface area contributed by atoms with Gasteiger partial charge in [-0.05, 0) is 31.5 Å². The van der Waals surface area contributed by atoms with Crippen molar-refractivity contribution in [3.63, 3.8) is 0 Å². The molecule has 0 aliphatic heterocycles. The Morgan fingerprint density at radius 2 is 1.77 bits per heavy atom. The van der Waals surface area contributed by atoms with Crippen LogP contribution in [-0.4, -0.2) is 11.3 Å². The predicted molar refractivity (Wildman–Crippen MR) is 89.0 cm³/mol. The van der Waals surface area contributed by atoms with Gasteiger partial charge in [-0.2, -0.15) is 0 Å². The lowest BCUT2D eigenvalue weighted by atomic mass is 10.1. The Balaban J connectivity index is 1.90. The van der Waals surface area contributed by atoms with Crippen LogP contribution in [0.25, 0.3) is 11.3 Å². The highest BCUT2D eigenvalue weighted by Gasteiger charge is 2.09. The van der Waals surface area contributed by atoms with Gasteiger partial charge in [0.2, 0.25) is 0 Å². The van der Waals surface area contributed by atoms with E-state index in [0.29, 0.717) is 11.3 Å². The average molecular weight is 291 g/mol. The Bertz CT molecular complexity index is 817. The first-order valence-corrected chi connectivity index (χ1v) is 7.13. The molecule has 0 fully saturated rings. The monoisotopic (exact) mass is 291 g/mol. The molecule has 0 amide bonds. The zero-order valence-corrected chi connectivity index (χ0v) is 12.6. The number of aliphatic imine (C=N–C) groups is 1. The first kappa shape index (κ1) is 14.1. The molecule has 0 bridgehead atoms. The van der Waals surface area contributed by atoms with E-state index in [9.17, 15) is 5.11 Å². The Morgan fingerprint density at radius 3 is 2.50 bits per heavy atom. The number of aromatic hydroxyl groups is 1. The fourth-order valence-corrected chi connectivity index (χ4v) is 2.32. The van der Waals surface area contributed by atoms with E-state index >= 15 is 0 Å². The third-order valence-electron chi connectivity index (χ3n) is 3.49. The number of furan rings is 1. The second kappa shape index (κ2) is 5.90. The van der Waals surface area contributed by atoms with Gasteiger partial charge in [0.15, 0.2) is 0 Å². The molecule has 0 saturated heterocycles. The molecule has 0 spiro atoms. The summed E-state index contributed by atoms with van der Waals surface area (Å²) in [5.74, 6) is 0.507. The highest BCUT2D eigenvalue weighted by atomic mass is 16.5. The third kappa shape index (κ3) is 2.93. The third-order valence-corrected chi connectivity index (χ3v) is 3.49. The zero-order chi connectivity index (χ0) is 15.5. The molecule has 0 aliphatic rings. The minimum absolute atomic E-state index is 0.118. The molecule has 110 valence electrons. The van der Waals surface area contributed by atoms with Gasteiger partial charge in [-0.15, -0.1) is 0 Å². The summed E-state index contributed by atoms with van der Waals surface area (Å²) in [4.78, 5) is 4.44. The summed E-state index contributed by atoms with van der Waals surface area (Å²) in [5.41, 5.74) is 4.67. The molecule has 1 aromatic heterocycles. The standard InChI is InChI=1S/C19H17NO2/c1-13-8-9-17(14(2)10-13)20-12-16-11-18(22-19(16)21)15-6-4-3-5-7-15/h3-12,21H,1-2H3. The maximum absolute atomic E-state index is 9.93. The maximum atomic E-state index is 9.93. The van der Waals surface area contributed by atoms with Crippen LogP contribution in [0.2, 0.25) is 0 Å². The van der Waals surface area contributed by atoms with Gasteiger partial charge in [0, 0.05) is 11.8 Å². The summed E-state index contributed by atoms with van der Waals surface area (Å²) in [6.45, 7) is 4.07. The van der Waals surface area contributed by atoms with Gasteiger partial charge < -0.3 is 9.52 Å². The summed E-state index contributed by atoms with van der Waals surface area (Å²) < 4.78 is 5.40. The minimum atomic E-state index is -0.118. The van der Waals surface area contributed by atoms with Crippen LogP contribution in [0.5, 0.6) is 5.95 Å². The van der Waals surface area contributed by atoms with Crippen LogP contribution in [0.1, 0.15) is 16.7 Å². The summed E-state index contributed by atoms with van der Waals surface area (Å²) >= 11 is 0. The lowest BCUT2D eigenvalue weighted by molar-refractivity contribution is 0.337. The van der Waals surface area contributed by atoms with Gasteiger partial charge in [-0.1, -0.05) is 48.0 Å². The van der Waals surface area contributed by atoms with Gasteiger partial charge in [-0.3, -0.25) is 4.99 Å². The normalized spacial score (nSPS) is 11.2. The van der Waals surface area contributed by atoms with Crippen molar-refractivity contribution in [1.29, 1.82) is 0 Å². The van der Waals surface area contributed by atoms with Crippen LogP contribution < -0.4 is 0 Å². The van der Waals surface area contributed by atoms with Crippen LogP contribution in [0.4, 0.5) is 5.69 Å². The second-order valence-corrected chi connectivity index (χ2v) is 5.29. The first-order valence-electron chi connectivity index (χ1n) is 7.13. The number of hydrogen-bond acceptors (Lipinski definition) is 3. The van der Waals surface area contributed by atoms with Crippen molar-refractivity contribution < 1.29 is 9.52 Å². The van der Waals surface area contributed by atoms with Gasteiger partial charge in [0.1, 0.15) is 5.76 Å². The molecular weight excluding hydrogens is 274 g/mol. The fraction of sp³-hybridized carbons (Fsp3) is 0.105.